The average molecular weight is 589 g/mol. The summed E-state index contributed by atoms with van der Waals surface area (Å²) in [6.07, 6.45) is 6.25. The molecule has 46 heavy (non-hydrogen) atoms. The fraction of sp³-hybridized carbons (Fsp3) is 0.0233. The Morgan fingerprint density at radius 2 is 1.26 bits per heavy atom. The number of rotatable bonds is 6. The highest BCUT2D eigenvalue weighted by molar-refractivity contribution is 6.90. The van der Waals surface area contributed by atoms with Crippen LogP contribution in [-0.2, 0) is 0 Å². The maximum absolute atomic E-state index is 4.21. The second-order valence-electron chi connectivity index (χ2n) is 11.7. The fourth-order valence-electron chi connectivity index (χ4n) is 7.19. The summed E-state index contributed by atoms with van der Waals surface area (Å²) >= 11 is 0. The smallest absolute Gasteiger partial charge is 0.328 e. The molecule has 0 amide bonds. The number of nitrogens with zero attached hydrogens (tertiary/aromatic N) is 2. The molecule has 0 spiro atoms. The first kappa shape index (κ1) is 27.7. The van der Waals surface area contributed by atoms with E-state index in [4.69, 9.17) is 0 Å². The normalized spacial score (nSPS) is 12.4. The van der Waals surface area contributed by atoms with E-state index in [9.17, 15) is 0 Å². The number of fused-ring (bicyclic) bond motifs is 4. The first-order valence-corrected chi connectivity index (χ1v) is 15.9. The molecule has 2 nitrogen and oxygen atoms in total. The molecular formula is C43H33BN2. The highest BCUT2D eigenvalue weighted by atomic mass is 15.1. The van der Waals surface area contributed by atoms with Crippen molar-refractivity contribution in [2.24, 2.45) is 0 Å². The summed E-state index contributed by atoms with van der Waals surface area (Å²) in [6, 6.07) is 55.0. The lowest BCUT2D eigenvalue weighted by molar-refractivity contribution is 1.11. The highest BCUT2D eigenvalue weighted by Crippen LogP contribution is 2.41. The van der Waals surface area contributed by atoms with Crippen molar-refractivity contribution in [1.29, 1.82) is 0 Å². The number of anilines is 2. The third kappa shape index (κ3) is 4.52. The zero-order valence-electron chi connectivity index (χ0n) is 25.8. The van der Waals surface area contributed by atoms with Crippen LogP contribution >= 0.6 is 0 Å². The number of para-hydroxylation sites is 2. The Kier molecular flexibility index (Phi) is 7.00. The standard InChI is InChI=1S/C43H33BN2/c1-3-16-37-39-25-9-12-27-42(39)45(41(37)4-2)34-21-14-17-31(29-34)32-18-15-22-35(30-32)46-43-28-13-10-24-38(43)36-23-8-11-26-40(36)44(46)33-19-6-5-7-20-33/h3-30H,2H2,1H3/b16-3-. The van der Waals surface area contributed by atoms with E-state index < -0.39 is 0 Å². The third-order valence-corrected chi connectivity index (χ3v) is 9.12. The van der Waals surface area contributed by atoms with Crippen LogP contribution in [0.5, 0.6) is 0 Å². The van der Waals surface area contributed by atoms with Crippen LogP contribution in [0.4, 0.5) is 11.4 Å². The molecule has 2 heterocycles. The van der Waals surface area contributed by atoms with Crippen molar-refractivity contribution < 1.29 is 0 Å². The van der Waals surface area contributed by atoms with Gasteiger partial charge in [0.15, 0.2) is 0 Å². The zero-order valence-corrected chi connectivity index (χ0v) is 25.8. The molecular weight excluding hydrogens is 555 g/mol. The molecule has 7 aromatic rings. The topological polar surface area (TPSA) is 8.17 Å². The Morgan fingerprint density at radius 1 is 0.609 bits per heavy atom. The lowest BCUT2D eigenvalue weighted by atomic mass is 9.46. The summed E-state index contributed by atoms with van der Waals surface area (Å²) < 4.78 is 2.33. The van der Waals surface area contributed by atoms with Gasteiger partial charge in [0.2, 0.25) is 0 Å². The molecule has 1 aromatic heterocycles. The van der Waals surface area contributed by atoms with Crippen LogP contribution in [0.3, 0.4) is 0 Å². The minimum Gasteiger partial charge on any atom is -0.376 e. The Hall–Kier alpha value is -5.80. The SMILES string of the molecule is C=Cc1c(/C=C\C)c2ccccc2n1-c1cccc(-c2cccc(N3B(c4ccccc4)c4ccccc4-c4ccccc43)c2)c1. The van der Waals surface area contributed by atoms with Gasteiger partial charge in [0.25, 0.3) is 0 Å². The minimum atomic E-state index is 0.0420. The molecule has 0 fully saturated rings. The minimum absolute atomic E-state index is 0.0420. The van der Waals surface area contributed by atoms with Crippen molar-refractivity contribution in [1.82, 2.24) is 4.57 Å². The van der Waals surface area contributed by atoms with E-state index in [1.54, 1.807) is 0 Å². The lowest BCUT2D eigenvalue weighted by Crippen LogP contribution is -2.57. The Bertz CT molecular complexity index is 2260. The summed E-state index contributed by atoms with van der Waals surface area (Å²) in [6.45, 7) is 6.31. The van der Waals surface area contributed by atoms with Crippen LogP contribution in [0.2, 0.25) is 0 Å². The van der Waals surface area contributed by atoms with E-state index in [0.29, 0.717) is 0 Å². The summed E-state index contributed by atoms with van der Waals surface area (Å²) in [5.41, 5.74) is 14.4. The number of allylic oxidation sites excluding steroid dienone is 1. The van der Waals surface area contributed by atoms with Crippen LogP contribution in [0, 0.1) is 0 Å². The van der Waals surface area contributed by atoms with Crippen LogP contribution in [-0.4, -0.2) is 11.4 Å². The van der Waals surface area contributed by atoms with Crippen molar-refractivity contribution >= 4 is 52.2 Å². The molecule has 0 bridgehead atoms. The molecule has 0 aliphatic carbocycles. The van der Waals surface area contributed by atoms with E-state index in [1.807, 2.05) is 6.08 Å². The van der Waals surface area contributed by atoms with Gasteiger partial charge in [-0.2, -0.15) is 0 Å². The van der Waals surface area contributed by atoms with Gasteiger partial charge in [0.1, 0.15) is 0 Å². The largest absolute Gasteiger partial charge is 0.376 e. The molecule has 3 heteroatoms. The maximum atomic E-state index is 4.21. The maximum Gasteiger partial charge on any atom is 0.328 e. The molecule has 0 saturated carbocycles. The first-order chi connectivity index (χ1) is 22.8. The van der Waals surface area contributed by atoms with E-state index in [2.05, 4.69) is 187 Å². The predicted octanol–water partition coefficient (Wildman–Crippen LogP) is 9.90. The Balaban J connectivity index is 1.29. The fourth-order valence-corrected chi connectivity index (χ4v) is 7.19. The molecule has 0 atom stereocenters. The van der Waals surface area contributed by atoms with Crippen LogP contribution in [0.25, 0.3) is 51.0 Å². The summed E-state index contributed by atoms with van der Waals surface area (Å²) in [7, 11) is 0. The predicted molar refractivity (Wildman–Crippen MR) is 199 cm³/mol. The molecule has 8 rings (SSSR count). The van der Waals surface area contributed by atoms with E-state index in [-0.39, 0.29) is 6.85 Å². The number of benzene rings is 6. The second kappa shape index (κ2) is 11.6. The summed E-state index contributed by atoms with van der Waals surface area (Å²) in [5, 5.41) is 1.22. The molecule has 0 radical (unpaired) electrons. The van der Waals surface area contributed by atoms with Gasteiger partial charge in [-0.3, -0.25) is 0 Å². The molecule has 1 aliphatic rings. The van der Waals surface area contributed by atoms with Gasteiger partial charge in [-0.1, -0.05) is 139 Å². The molecule has 0 unspecified atom stereocenters. The van der Waals surface area contributed by atoms with E-state index in [1.165, 1.54) is 55.3 Å². The van der Waals surface area contributed by atoms with Crippen molar-refractivity contribution in [3.8, 4) is 27.9 Å². The van der Waals surface area contributed by atoms with E-state index >= 15 is 0 Å². The Morgan fingerprint density at radius 3 is 2.04 bits per heavy atom. The quantitative estimate of drug-likeness (QED) is 0.176. The first-order valence-electron chi connectivity index (χ1n) is 15.9. The van der Waals surface area contributed by atoms with Gasteiger partial charge in [-0.25, -0.2) is 0 Å². The van der Waals surface area contributed by atoms with Gasteiger partial charge in [-0.15, -0.1) is 0 Å². The van der Waals surface area contributed by atoms with Gasteiger partial charge in [-0.05, 0) is 71.6 Å². The molecule has 6 aromatic carbocycles. The monoisotopic (exact) mass is 588 g/mol. The highest BCUT2D eigenvalue weighted by Gasteiger charge is 2.36. The number of aromatic nitrogens is 1. The molecule has 0 saturated heterocycles. The lowest BCUT2D eigenvalue weighted by Gasteiger charge is -2.39. The van der Waals surface area contributed by atoms with Crippen LogP contribution in [0.1, 0.15) is 18.2 Å². The third-order valence-electron chi connectivity index (χ3n) is 9.12. The van der Waals surface area contributed by atoms with Crippen LogP contribution in [0.15, 0.2) is 164 Å². The van der Waals surface area contributed by atoms with Crippen molar-refractivity contribution in [2.75, 3.05) is 4.81 Å². The number of hydrogen-bond acceptors (Lipinski definition) is 1. The average Bonchev–Trinajstić information content (AvgIpc) is 3.45. The van der Waals surface area contributed by atoms with Crippen LogP contribution < -0.4 is 15.7 Å². The summed E-state index contributed by atoms with van der Waals surface area (Å²) in [4.78, 5) is 2.51. The summed E-state index contributed by atoms with van der Waals surface area (Å²) in [5.74, 6) is 0. The molecule has 0 N–H and O–H groups in total. The van der Waals surface area contributed by atoms with Crippen molar-refractivity contribution in [2.45, 2.75) is 6.92 Å². The van der Waals surface area contributed by atoms with Gasteiger partial charge in [0.05, 0.1) is 11.2 Å². The zero-order chi connectivity index (χ0) is 31.0. The van der Waals surface area contributed by atoms with Gasteiger partial charge in [0, 0.05) is 33.6 Å². The van der Waals surface area contributed by atoms with E-state index in [0.717, 1.165) is 17.1 Å². The Labute approximate surface area is 271 Å². The second-order valence-corrected chi connectivity index (χ2v) is 11.7. The van der Waals surface area contributed by atoms with Crippen molar-refractivity contribution in [3.05, 3.63) is 176 Å². The molecule has 1 aliphatic heterocycles. The molecule has 218 valence electrons. The number of hydrogen-bond donors (Lipinski definition) is 0. The van der Waals surface area contributed by atoms with Gasteiger partial charge >= 0.3 is 6.85 Å². The van der Waals surface area contributed by atoms with Gasteiger partial charge < -0.3 is 9.38 Å². The van der Waals surface area contributed by atoms with Crippen molar-refractivity contribution in [3.63, 3.8) is 0 Å².